The average Bonchev–Trinajstić information content (AvgIpc) is 2.84. The van der Waals surface area contributed by atoms with Crippen LogP contribution < -0.4 is 5.56 Å². The van der Waals surface area contributed by atoms with Gasteiger partial charge in [0.05, 0.1) is 11.3 Å². The summed E-state index contributed by atoms with van der Waals surface area (Å²) in [6.45, 7) is 0. The van der Waals surface area contributed by atoms with Gasteiger partial charge in [-0.25, -0.2) is 4.98 Å². The van der Waals surface area contributed by atoms with E-state index in [1.165, 1.54) is 18.5 Å². The molecule has 0 atom stereocenters. The minimum absolute atomic E-state index is 0.00842. The van der Waals surface area contributed by atoms with Gasteiger partial charge in [-0.2, -0.15) is 4.37 Å². The molecule has 1 aromatic carbocycles. The van der Waals surface area contributed by atoms with Gasteiger partial charge >= 0.3 is 0 Å². The van der Waals surface area contributed by atoms with Crippen LogP contribution in [0.1, 0.15) is 0 Å². The first-order valence-electron chi connectivity index (χ1n) is 5.25. The largest absolute Gasteiger partial charge is 0.312 e. The van der Waals surface area contributed by atoms with Crippen molar-refractivity contribution >= 4 is 27.4 Å². The average molecular weight is 274 g/mol. The molecule has 0 aliphatic carbocycles. The molecule has 0 amide bonds. The highest BCUT2D eigenvalue weighted by Gasteiger charge is 2.13. The summed E-state index contributed by atoms with van der Waals surface area (Å²) in [4.78, 5) is 28.2. The first-order chi connectivity index (χ1) is 9.16. The minimum Gasteiger partial charge on any atom is -0.312 e. The monoisotopic (exact) mass is 274 g/mol. The van der Waals surface area contributed by atoms with Crippen molar-refractivity contribution in [2.45, 2.75) is 0 Å². The van der Waals surface area contributed by atoms with E-state index < -0.39 is 4.92 Å². The summed E-state index contributed by atoms with van der Waals surface area (Å²) in [7, 11) is 0. The number of non-ortho nitro benzene ring substituents is 1. The first-order valence-corrected chi connectivity index (χ1v) is 6.02. The van der Waals surface area contributed by atoms with Crippen LogP contribution in [0.4, 0.5) is 5.69 Å². The summed E-state index contributed by atoms with van der Waals surface area (Å²) in [6.07, 6.45) is 1.31. The van der Waals surface area contributed by atoms with Crippen molar-refractivity contribution in [1.29, 1.82) is 0 Å². The Morgan fingerprint density at radius 1 is 1.26 bits per heavy atom. The number of aromatic amines is 1. The fraction of sp³-hybridized carbons (Fsp3) is 0. The fourth-order valence-electron chi connectivity index (χ4n) is 1.71. The van der Waals surface area contributed by atoms with Crippen LogP contribution in [0.15, 0.2) is 35.4 Å². The molecule has 7 nitrogen and oxygen atoms in total. The Hall–Kier alpha value is -2.61. The van der Waals surface area contributed by atoms with Gasteiger partial charge in [0.2, 0.25) is 0 Å². The van der Waals surface area contributed by atoms with Crippen LogP contribution in [-0.4, -0.2) is 19.3 Å². The SMILES string of the molecule is O=c1[nH]cnc2c(-c3ccc([N+](=O)[O-])cc3)nsc12. The van der Waals surface area contributed by atoms with E-state index in [0.29, 0.717) is 21.5 Å². The van der Waals surface area contributed by atoms with Crippen molar-refractivity contribution in [3.05, 3.63) is 51.1 Å². The number of nitrogens with zero attached hydrogens (tertiary/aromatic N) is 3. The molecule has 94 valence electrons. The highest BCUT2D eigenvalue weighted by atomic mass is 32.1. The van der Waals surface area contributed by atoms with Crippen LogP contribution in [0.25, 0.3) is 21.5 Å². The van der Waals surface area contributed by atoms with Gasteiger partial charge in [0.25, 0.3) is 11.2 Å². The Balaban J connectivity index is 2.17. The second kappa shape index (κ2) is 4.25. The van der Waals surface area contributed by atoms with Crippen molar-refractivity contribution in [3.8, 4) is 11.3 Å². The van der Waals surface area contributed by atoms with Crippen LogP contribution in [-0.2, 0) is 0 Å². The van der Waals surface area contributed by atoms with E-state index >= 15 is 0 Å². The zero-order valence-corrected chi connectivity index (χ0v) is 10.2. The predicted octanol–water partition coefficient (Wildman–Crippen LogP) is 1.95. The standard InChI is InChI=1S/C11H6N4O3S/c16-11-10-9(12-5-13-11)8(14-19-10)6-1-3-7(4-2-6)15(17)18/h1-5H,(H,12,13,16). The first kappa shape index (κ1) is 11.5. The Morgan fingerprint density at radius 2 is 2.00 bits per heavy atom. The number of rotatable bonds is 2. The summed E-state index contributed by atoms with van der Waals surface area (Å²) < 4.78 is 4.63. The van der Waals surface area contributed by atoms with Gasteiger partial charge in [-0.1, -0.05) is 0 Å². The van der Waals surface area contributed by atoms with E-state index in [1.54, 1.807) is 12.1 Å². The second-order valence-corrected chi connectivity index (χ2v) is 4.52. The number of hydrogen-bond donors (Lipinski definition) is 1. The van der Waals surface area contributed by atoms with Crippen LogP contribution in [0.3, 0.4) is 0 Å². The van der Waals surface area contributed by atoms with Crippen molar-refractivity contribution in [3.63, 3.8) is 0 Å². The quantitative estimate of drug-likeness (QED) is 0.568. The Bertz CT molecular complexity index is 822. The highest BCUT2D eigenvalue weighted by Crippen LogP contribution is 2.28. The van der Waals surface area contributed by atoms with Gasteiger partial charge in [-0.3, -0.25) is 14.9 Å². The van der Waals surface area contributed by atoms with Crippen LogP contribution in [0.2, 0.25) is 0 Å². The summed E-state index contributed by atoms with van der Waals surface area (Å²) in [5.41, 5.74) is 1.52. The van der Waals surface area contributed by atoms with Crippen LogP contribution >= 0.6 is 11.5 Å². The molecule has 0 aliphatic rings. The number of fused-ring (bicyclic) bond motifs is 1. The molecule has 19 heavy (non-hydrogen) atoms. The molecule has 0 bridgehead atoms. The summed E-state index contributed by atoms with van der Waals surface area (Å²) in [6, 6.07) is 5.98. The summed E-state index contributed by atoms with van der Waals surface area (Å²) in [5.74, 6) is 0. The van der Waals surface area contributed by atoms with Crippen LogP contribution in [0.5, 0.6) is 0 Å². The van der Waals surface area contributed by atoms with Gasteiger partial charge < -0.3 is 4.98 Å². The van der Waals surface area contributed by atoms with E-state index in [9.17, 15) is 14.9 Å². The third-order valence-electron chi connectivity index (χ3n) is 2.61. The maximum atomic E-state index is 11.6. The molecular formula is C11H6N4O3S. The van der Waals surface area contributed by atoms with Gasteiger partial charge in [-0.05, 0) is 23.7 Å². The number of H-pyrrole nitrogens is 1. The smallest absolute Gasteiger partial charge is 0.270 e. The number of nitro benzene ring substituents is 1. The van der Waals surface area contributed by atoms with Gasteiger partial charge in [0.1, 0.15) is 15.9 Å². The maximum Gasteiger partial charge on any atom is 0.270 e. The number of nitrogens with one attached hydrogen (secondary N) is 1. The molecule has 8 heteroatoms. The van der Waals surface area contributed by atoms with E-state index in [0.717, 1.165) is 11.5 Å². The molecule has 2 aromatic heterocycles. The number of hydrogen-bond acceptors (Lipinski definition) is 6. The molecule has 0 radical (unpaired) electrons. The second-order valence-electron chi connectivity index (χ2n) is 3.74. The number of benzene rings is 1. The molecule has 1 N–H and O–H groups in total. The van der Waals surface area contributed by atoms with Gasteiger partial charge in [0.15, 0.2) is 0 Å². The lowest BCUT2D eigenvalue weighted by atomic mass is 10.1. The Kier molecular flexibility index (Phi) is 2.57. The molecule has 3 aromatic rings. The predicted molar refractivity (Wildman–Crippen MR) is 70.1 cm³/mol. The molecule has 0 fully saturated rings. The van der Waals surface area contributed by atoms with E-state index in [1.807, 2.05) is 0 Å². The minimum atomic E-state index is -0.466. The Labute approximate surface area is 109 Å². The van der Waals surface area contributed by atoms with Crippen molar-refractivity contribution < 1.29 is 4.92 Å². The summed E-state index contributed by atoms with van der Waals surface area (Å²) in [5, 5.41) is 10.6. The molecule has 0 saturated carbocycles. The topological polar surface area (TPSA) is 102 Å². The lowest BCUT2D eigenvalue weighted by Gasteiger charge is -1.97. The van der Waals surface area contributed by atoms with E-state index in [-0.39, 0.29) is 11.2 Å². The zero-order valence-electron chi connectivity index (χ0n) is 9.36. The fourth-order valence-corrected chi connectivity index (χ4v) is 2.46. The molecule has 0 spiro atoms. The lowest BCUT2D eigenvalue weighted by molar-refractivity contribution is -0.384. The van der Waals surface area contributed by atoms with E-state index in [2.05, 4.69) is 14.3 Å². The van der Waals surface area contributed by atoms with Crippen molar-refractivity contribution in [1.82, 2.24) is 14.3 Å². The molecule has 0 unspecified atom stereocenters. The number of aromatic nitrogens is 3. The van der Waals surface area contributed by atoms with Crippen molar-refractivity contribution in [2.75, 3.05) is 0 Å². The number of nitro groups is 1. The highest BCUT2D eigenvalue weighted by molar-refractivity contribution is 7.13. The summed E-state index contributed by atoms with van der Waals surface area (Å²) >= 11 is 1.06. The Morgan fingerprint density at radius 3 is 2.68 bits per heavy atom. The van der Waals surface area contributed by atoms with Crippen molar-refractivity contribution in [2.24, 2.45) is 0 Å². The van der Waals surface area contributed by atoms with E-state index in [4.69, 9.17) is 0 Å². The maximum absolute atomic E-state index is 11.6. The van der Waals surface area contributed by atoms with Crippen LogP contribution in [0, 0.1) is 10.1 Å². The molecule has 0 saturated heterocycles. The lowest BCUT2D eigenvalue weighted by Crippen LogP contribution is -2.03. The normalized spacial score (nSPS) is 10.7. The third-order valence-corrected chi connectivity index (χ3v) is 3.45. The van der Waals surface area contributed by atoms with Gasteiger partial charge in [0, 0.05) is 17.7 Å². The zero-order chi connectivity index (χ0) is 13.4. The van der Waals surface area contributed by atoms with Gasteiger partial charge in [-0.15, -0.1) is 0 Å². The molecule has 2 heterocycles. The molecule has 3 rings (SSSR count). The molecular weight excluding hydrogens is 268 g/mol. The third kappa shape index (κ3) is 1.87. The molecule has 0 aliphatic heterocycles.